The Bertz CT molecular complexity index is 618. The molecule has 0 saturated heterocycles. The molecule has 4 heteroatoms. The van der Waals surface area contributed by atoms with Crippen molar-refractivity contribution in [1.29, 1.82) is 5.26 Å². The van der Waals surface area contributed by atoms with Gasteiger partial charge in [-0.15, -0.1) is 0 Å². The van der Waals surface area contributed by atoms with Gasteiger partial charge in [0.2, 0.25) is 0 Å². The van der Waals surface area contributed by atoms with Crippen LogP contribution in [-0.2, 0) is 0 Å². The molecule has 2 N–H and O–H groups in total. The third-order valence-corrected chi connectivity index (χ3v) is 3.19. The second-order valence-corrected chi connectivity index (χ2v) is 4.12. The molecule has 0 aliphatic rings. The number of anilines is 1. The van der Waals surface area contributed by atoms with E-state index >= 15 is 0 Å². The molecule has 0 atom stereocenters. The first-order chi connectivity index (χ1) is 8.60. The number of rotatable bonds is 2. The molecule has 0 bridgehead atoms. The van der Waals surface area contributed by atoms with E-state index in [1.165, 1.54) is 0 Å². The Morgan fingerprint density at radius 2 is 1.83 bits per heavy atom. The van der Waals surface area contributed by atoms with Gasteiger partial charge in [-0.3, -0.25) is 4.57 Å². The topological polar surface area (TPSA) is 64.0 Å². The molecule has 4 nitrogen and oxygen atoms in total. The highest BCUT2D eigenvalue weighted by molar-refractivity contribution is 5.62. The zero-order chi connectivity index (χ0) is 13.3. The van der Waals surface area contributed by atoms with Gasteiger partial charge >= 0.3 is 0 Å². The highest BCUT2D eigenvalue weighted by Crippen LogP contribution is 2.28. The Labute approximate surface area is 106 Å². The Morgan fingerprint density at radius 1 is 1.22 bits per heavy atom. The largest absolute Gasteiger partial charge is 0.497 e. The molecule has 92 valence electrons. The first-order valence-corrected chi connectivity index (χ1v) is 5.62. The number of nitriles is 1. The molecule has 1 aromatic carbocycles. The average Bonchev–Trinajstić information content (AvgIpc) is 2.60. The van der Waals surface area contributed by atoms with Crippen molar-refractivity contribution in [3.05, 3.63) is 41.1 Å². The smallest absolute Gasteiger partial charge is 0.126 e. The summed E-state index contributed by atoms with van der Waals surface area (Å²) in [6.45, 7) is 3.86. The van der Waals surface area contributed by atoms with Crippen LogP contribution in [0.3, 0.4) is 0 Å². The van der Waals surface area contributed by atoms with Gasteiger partial charge in [0, 0.05) is 11.4 Å². The lowest BCUT2D eigenvalue weighted by Crippen LogP contribution is -2.02. The van der Waals surface area contributed by atoms with Crippen LogP contribution in [0.4, 0.5) is 5.82 Å². The van der Waals surface area contributed by atoms with Crippen molar-refractivity contribution in [1.82, 2.24) is 4.57 Å². The van der Waals surface area contributed by atoms with Crippen molar-refractivity contribution in [3.8, 4) is 17.5 Å². The summed E-state index contributed by atoms with van der Waals surface area (Å²) in [4.78, 5) is 0. The van der Waals surface area contributed by atoms with E-state index in [2.05, 4.69) is 6.07 Å². The van der Waals surface area contributed by atoms with Gasteiger partial charge in [-0.05, 0) is 43.7 Å². The molecule has 2 rings (SSSR count). The molecule has 0 unspecified atom stereocenters. The van der Waals surface area contributed by atoms with Crippen LogP contribution in [0.2, 0.25) is 0 Å². The van der Waals surface area contributed by atoms with Crippen LogP contribution in [0.15, 0.2) is 24.3 Å². The lowest BCUT2D eigenvalue weighted by molar-refractivity contribution is 0.414. The molecule has 0 spiro atoms. The fourth-order valence-electron chi connectivity index (χ4n) is 2.04. The number of nitrogens with two attached hydrogens (primary N) is 1. The SMILES string of the molecule is COc1ccc(-n2c(C)c(C)c(C#N)c2N)cc1. The normalized spacial score (nSPS) is 10.1. The van der Waals surface area contributed by atoms with E-state index in [1.54, 1.807) is 7.11 Å². The first-order valence-electron chi connectivity index (χ1n) is 5.62. The van der Waals surface area contributed by atoms with Crippen LogP contribution >= 0.6 is 0 Å². The molecular weight excluding hydrogens is 226 g/mol. The van der Waals surface area contributed by atoms with Gasteiger partial charge in [0.25, 0.3) is 0 Å². The molecule has 0 aliphatic carbocycles. The van der Waals surface area contributed by atoms with Crippen LogP contribution in [0, 0.1) is 25.2 Å². The van der Waals surface area contributed by atoms with Crippen LogP contribution in [0.1, 0.15) is 16.8 Å². The summed E-state index contributed by atoms with van der Waals surface area (Å²) in [5, 5.41) is 9.10. The van der Waals surface area contributed by atoms with Crippen LogP contribution < -0.4 is 10.5 Å². The van der Waals surface area contributed by atoms with Crippen molar-refractivity contribution in [2.45, 2.75) is 13.8 Å². The van der Waals surface area contributed by atoms with Gasteiger partial charge in [-0.1, -0.05) is 0 Å². The molecule has 0 fully saturated rings. The second-order valence-electron chi connectivity index (χ2n) is 4.12. The number of ether oxygens (including phenoxy) is 1. The first kappa shape index (κ1) is 12.1. The molecule has 0 amide bonds. The van der Waals surface area contributed by atoms with Gasteiger partial charge in [0.15, 0.2) is 0 Å². The summed E-state index contributed by atoms with van der Waals surface area (Å²) in [6.07, 6.45) is 0. The molecule has 0 aliphatic heterocycles. The highest BCUT2D eigenvalue weighted by atomic mass is 16.5. The van der Waals surface area contributed by atoms with Crippen LogP contribution in [0.5, 0.6) is 5.75 Å². The van der Waals surface area contributed by atoms with E-state index < -0.39 is 0 Å². The van der Waals surface area contributed by atoms with E-state index in [0.717, 1.165) is 22.7 Å². The van der Waals surface area contributed by atoms with Crippen molar-refractivity contribution in [3.63, 3.8) is 0 Å². The number of nitrogen functional groups attached to an aromatic ring is 1. The summed E-state index contributed by atoms with van der Waals surface area (Å²) in [5.41, 5.74) is 9.40. The third-order valence-electron chi connectivity index (χ3n) is 3.19. The number of aromatic nitrogens is 1. The maximum atomic E-state index is 9.10. The van der Waals surface area contributed by atoms with Crippen molar-refractivity contribution >= 4 is 5.82 Å². The number of nitrogens with zero attached hydrogens (tertiary/aromatic N) is 2. The fourth-order valence-corrected chi connectivity index (χ4v) is 2.04. The second kappa shape index (κ2) is 4.46. The van der Waals surface area contributed by atoms with Crippen molar-refractivity contribution in [2.24, 2.45) is 0 Å². The zero-order valence-electron chi connectivity index (χ0n) is 10.7. The van der Waals surface area contributed by atoms with Gasteiger partial charge in [0.05, 0.1) is 12.7 Å². The predicted octanol–water partition coefficient (Wildman–Crippen LogP) is 2.56. The lowest BCUT2D eigenvalue weighted by Gasteiger charge is -2.09. The number of hydrogen-bond donors (Lipinski definition) is 1. The van der Waals surface area contributed by atoms with Gasteiger partial charge in [-0.2, -0.15) is 5.26 Å². The minimum Gasteiger partial charge on any atom is -0.497 e. The Hall–Kier alpha value is -2.41. The standard InChI is InChI=1S/C14H15N3O/c1-9-10(2)17(14(16)13(9)8-15)11-4-6-12(18-3)7-5-11/h4-7H,16H2,1-3H3. The number of methoxy groups -OCH3 is 1. The molecule has 1 aromatic heterocycles. The van der Waals surface area contributed by atoms with E-state index in [4.69, 9.17) is 15.7 Å². The van der Waals surface area contributed by atoms with Crippen LogP contribution in [0.25, 0.3) is 5.69 Å². The Morgan fingerprint density at radius 3 is 2.28 bits per heavy atom. The fraction of sp³-hybridized carbons (Fsp3) is 0.214. The molecule has 2 aromatic rings. The van der Waals surface area contributed by atoms with Gasteiger partial charge < -0.3 is 10.5 Å². The average molecular weight is 241 g/mol. The van der Waals surface area contributed by atoms with Crippen LogP contribution in [-0.4, -0.2) is 11.7 Å². The number of benzene rings is 1. The van der Waals surface area contributed by atoms with E-state index in [1.807, 2.05) is 42.7 Å². The van der Waals surface area contributed by atoms with E-state index in [9.17, 15) is 0 Å². The predicted molar refractivity (Wildman–Crippen MR) is 70.9 cm³/mol. The molecule has 18 heavy (non-hydrogen) atoms. The minimum absolute atomic E-state index is 0.484. The summed E-state index contributed by atoms with van der Waals surface area (Å²) in [7, 11) is 1.63. The summed E-state index contributed by atoms with van der Waals surface area (Å²) >= 11 is 0. The van der Waals surface area contributed by atoms with E-state index in [0.29, 0.717) is 11.4 Å². The molecule has 1 heterocycles. The quantitative estimate of drug-likeness (QED) is 0.878. The maximum absolute atomic E-state index is 9.10. The van der Waals surface area contributed by atoms with Crippen molar-refractivity contribution in [2.75, 3.05) is 12.8 Å². The monoisotopic (exact) mass is 241 g/mol. The van der Waals surface area contributed by atoms with Crippen molar-refractivity contribution < 1.29 is 4.74 Å². The van der Waals surface area contributed by atoms with E-state index in [-0.39, 0.29) is 0 Å². The zero-order valence-corrected chi connectivity index (χ0v) is 10.7. The number of hydrogen-bond acceptors (Lipinski definition) is 3. The molecular formula is C14H15N3O. The van der Waals surface area contributed by atoms with Gasteiger partial charge in [0.1, 0.15) is 17.6 Å². The van der Waals surface area contributed by atoms with Gasteiger partial charge in [-0.25, -0.2) is 0 Å². The summed E-state index contributed by atoms with van der Waals surface area (Å²) in [6, 6.07) is 9.73. The highest BCUT2D eigenvalue weighted by Gasteiger charge is 2.15. The Balaban J connectivity index is 2.61. The lowest BCUT2D eigenvalue weighted by atomic mass is 10.2. The maximum Gasteiger partial charge on any atom is 0.126 e. The minimum atomic E-state index is 0.484. The summed E-state index contributed by atoms with van der Waals surface area (Å²) in [5.74, 6) is 1.28. The summed E-state index contributed by atoms with van der Waals surface area (Å²) < 4.78 is 7.01. The Kier molecular flexibility index (Phi) is 2.99. The molecule has 0 saturated carbocycles. The molecule has 0 radical (unpaired) electrons. The third kappa shape index (κ3) is 1.70.